The lowest BCUT2D eigenvalue weighted by Crippen LogP contribution is -2.44. The number of nitrogens with two attached hydrogens (primary N) is 1. The van der Waals surface area contributed by atoms with Crippen LogP contribution in [0.5, 0.6) is 0 Å². The molecule has 1 aromatic rings. The Hall–Kier alpha value is -1.39. The lowest BCUT2D eigenvalue weighted by Gasteiger charge is -2.26. The Kier molecular flexibility index (Phi) is 4.03. The second kappa shape index (κ2) is 5.94. The van der Waals surface area contributed by atoms with Crippen molar-refractivity contribution in [2.24, 2.45) is 5.73 Å². The number of benzene rings is 1. The van der Waals surface area contributed by atoms with E-state index in [1.165, 1.54) is 11.1 Å². The van der Waals surface area contributed by atoms with Crippen LogP contribution < -0.4 is 11.1 Å². The highest BCUT2D eigenvalue weighted by Crippen LogP contribution is 2.23. The highest BCUT2D eigenvalue weighted by molar-refractivity contribution is 5.81. The Morgan fingerprint density at radius 1 is 1.25 bits per heavy atom. The molecule has 0 bridgehead atoms. The van der Waals surface area contributed by atoms with E-state index in [1.807, 2.05) is 0 Å². The van der Waals surface area contributed by atoms with Gasteiger partial charge in [0.05, 0.1) is 6.10 Å². The highest BCUT2D eigenvalue weighted by Gasteiger charge is 2.31. The number of amides is 1. The number of nitrogens with one attached hydrogen (secondary N) is 1. The Labute approximate surface area is 119 Å². The average molecular weight is 274 g/mol. The van der Waals surface area contributed by atoms with Crippen LogP contribution in [-0.4, -0.2) is 30.7 Å². The molecule has 1 unspecified atom stereocenters. The number of hydrogen-bond acceptors (Lipinski definition) is 3. The summed E-state index contributed by atoms with van der Waals surface area (Å²) < 4.78 is 5.65. The smallest absolute Gasteiger partial charge is 0.249 e. The number of hydrogen-bond donors (Lipinski definition) is 2. The zero-order valence-electron chi connectivity index (χ0n) is 11.7. The monoisotopic (exact) mass is 274 g/mol. The summed E-state index contributed by atoms with van der Waals surface area (Å²) in [6.45, 7) is 0.501. The van der Waals surface area contributed by atoms with Crippen LogP contribution in [0.15, 0.2) is 24.3 Å². The van der Waals surface area contributed by atoms with Gasteiger partial charge in [0.15, 0.2) is 0 Å². The van der Waals surface area contributed by atoms with Gasteiger partial charge in [-0.2, -0.15) is 0 Å². The molecule has 0 radical (unpaired) electrons. The molecule has 2 aliphatic rings. The summed E-state index contributed by atoms with van der Waals surface area (Å²) in [5, 5.41) is 3.14. The first kappa shape index (κ1) is 13.6. The summed E-state index contributed by atoms with van der Waals surface area (Å²) in [5.74, 6) is 0.0327. The predicted octanol–water partition coefficient (Wildman–Crippen LogP) is 1.17. The maximum Gasteiger partial charge on any atom is 0.249 e. The lowest BCUT2D eigenvalue weighted by molar-refractivity contribution is -0.132. The van der Waals surface area contributed by atoms with Gasteiger partial charge in [-0.25, -0.2) is 0 Å². The molecule has 108 valence electrons. The standard InChI is InChI=1S/C16H22N2O2/c17-10-14-7-8-15(20-14)16(19)18-13-6-5-11-3-1-2-4-12(11)9-13/h1-4,13-15H,5-10,17H2,(H,18,19)/t13?,14-,15+/m1/s1. The molecule has 1 heterocycles. The van der Waals surface area contributed by atoms with Gasteiger partial charge in [0, 0.05) is 12.6 Å². The minimum absolute atomic E-state index is 0.0327. The Bertz CT molecular complexity index is 489. The number of carbonyl (C=O) groups is 1. The molecule has 3 N–H and O–H groups in total. The number of ether oxygens (including phenoxy) is 1. The van der Waals surface area contributed by atoms with Crippen molar-refractivity contribution in [2.75, 3.05) is 6.54 Å². The fourth-order valence-corrected chi connectivity index (χ4v) is 3.19. The molecule has 1 aromatic carbocycles. The van der Waals surface area contributed by atoms with Crippen molar-refractivity contribution in [2.45, 2.75) is 50.4 Å². The molecule has 0 spiro atoms. The molecule has 0 aromatic heterocycles. The Balaban J connectivity index is 1.56. The van der Waals surface area contributed by atoms with Crippen LogP contribution in [-0.2, 0) is 22.4 Å². The van der Waals surface area contributed by atoms with Gasteiger partial charge >= 0.3 is 0 Å². The number of rotatable bonds is 3. The second-order valence-electron chi connectivity index (χ2n) is 5.78. The van der Waals surface area contributed by atoms with Crippen molar-refractivity contribution < 1.29 is 9.53 Å². The first-order chi connectivity index (χ1) is 9.76. The van der Waals surface area contributed by atoms with Crippen LogP contribution in [0.1, 0.15) is 30.4 Å². The van der Waals surface area contributed by atoms with E-state index in [0.29, 0.717) is 6.54 Å². The fourth-order valence-electron chi connectivity index (χ4n) is 3.19. The van der Waals surface area contributed by atoms with Gasteiger partial charge < -0.3 is 15.8 Å². The van der Waals surface area contributed by atoms with E-state index in [1.54, 1.807) is 0 Å². The number of carbonyl (C=O) groups excluding carboxylic acids is 1. The van der Waals surface area contributed by atoms with E-state index < -0.39 is 0 Å². The topological polar surface area (TPSA) is 64.4 Å². The number of fused-ring (bicyclic) bond motifs is 1. The summed E-state index contributed by atoms with van der Waals surface area (Å²) in [6.07, 6.45) is 4.40. The molecule has 1 saturated heterocycles. The normalized spacial score (nSPS) is 28.9. The van der Waals surface area contributed by atoms with Crippen molar-refractivity contribution in [1.29, 1.82) is 0 Å². The third-order valence-corrected chi connectivity index (χ3v) is 4.36. The molecule has 4 heteroatoms. The van der Waals surface area contributed by atoms with Gasteiger partial charge in [0.25, 0.3) is 0 Å². The summed E-state index contributed by atoms with van der Waals surface area (Å²) in [6, 6.07) is 8.72. The van der Waals surface area contributed by atoms with E-state index in [4.69, 9.17) is 10.5 Å². The van der Waals surface area contributed by atoms with Crippen molar-refractivity contribution in [3.8, 4) is 0 Å². The first-order valence-electron chi connectivity index (χ1n) is 7.49. The maximum atomic E-state index is 12.2. The van der Waals surface area contributed by atoms with Gasteiger partial charge in [-0.3, -0.25) is 4.79 Å². The molecule has 1 fully saturated rings. The van der Waals surface area contributed by atoms with Crippen LogP contribution in [0.3, 0.4) is 0 Å². The molecule has 0 saturated carbocycles. The van der Waals surface area contributed by atoms with Crippen molar-refractivity contribution >= 4 is 5.91 Å². The van der Waals surface area contributed by atoms with Gasteiger partial charge in [0.2, 0.25) is 5.91 Å². The largest absolute Gasteiger partial charge is 0.364 e. The fraction of sp³-hybridized carbons (Fsp3) is 0.562. The minimum atomic E-state index is -0.305. The molecule has 1 aliphatic heterocycles. The Morgan fingerprint density at radius 2 is 2.05 bits per heavy atom. The average Bonchev–Trinajstić information content (AvgIpc) is 2.96. The third kappa shape index (κ3) is 2.86. The van der Waals surface area contributed by atoms with E-state index in [0.717, 1.165) is 32.1 Å². The van der Waals surface area contributed by atoms with Crippen LogP contribution >= 0.6 is 0 Å². The zero-order chi connectivity index (χ0) is 13.9. The van der Waals surface area contributed by atoms with E-state index in [2.05, 4.69) is 29.6 Å². The molecule has 1 aliphatic carbocycles. The van der Waals surface area contributed by atoms with Gasteiger partial charge in [-0.1, -0.05) is 24.3 Å². The van der Waals surface area contributed by atoms with Crippen LogP contribution in [0.2, 0.25) is 0 Å². The molecule has 4 nitrogen and oxygen atoms in total. The van der Waals surface area contributed by atoms with Crippen molar-refractivity contribution in [3.63, 3.8) is 0 Å². The van der Waals surface area contributed by atoms with Gasteiger partial charge in [0.1, 0.15) is 6.10 Å². The number of aryl methyl sites for hydroxylation is 1. The molecule has 20 heavy (non-hydrogen) atoms. The quantitative estimate of drug-likeness (QED) is 0.869. The first-order valence-corrected chi connectivity index (χ1v) is 7.49. The highest BCUT2D eigenvalue weighted by atomic mass is 16.5. The van der Waals surface area contributed by atoms with Crippen LogP contribution in [0.4, 0.5) is 0 Å². The third-order valence-electron chi connectivity index (χ3n) is 4.36. The molecule has 3 rings (SSSR count). The van der Waals surface area contributed by atoms with Crippen LogP contribution in [0, 0.1) is 0 Å². The van der Waals surface area contributed by atoms with E-state index >= 15 is 0 Å². The minimum Gasteiger partial charge on any atom is -0.364 e. The van der Waals surface area contributed by atoms with Crippen molar-refractivity contribution in [1.82, 2.24) is 5.32 Å². The van der Waals surface area contributed by atoms with E-state index in [9.17, 15) is 4.79 Å². The molecule has 3 atom stereocenters. The van der Waals surface area contributed by atoms with Crippen molar-refractivity contribution in [3.05, 3.63) is 35.4 Å². The van der Waals surface area contributed by atoms with Gasteiger partial charge in [-0.05, 0) is 43.2 Å². The van der Waals surface area contributed by atoms with Gasteiger partial charge in [-0.15, -0.1) is 0 Å². The zero-order valence-corrected chi connectivity index (χ0v) is 11.7. The predicted molar refractivity (Wildman–Crippen MR) is 77.3 cm³/mol. The lowest BCUT2D eigenvalue weighted by atomic mass is 9.88. The van der Waals surface area contributed by atoms with E-state index in [-0.39, 0.29) is 24.2 Å². The summed E-state index contributed by atoms with van der Waals surface area (Å²) in [7, 11) is 0. The summed E-state index contributed by atoms with van der Waals surface area (Å²) >= 11 is 0. The maximum absolute atomic E-state index is 12.2. The molecular weight excluding hydrogens is 252 g/mol. The van der Waals surface area contributed by atoms with Crippen LogP contribution in [0.25, 0.3) is 0 Å². The summed E-state index contributed by atoms with van der Waals surface area (Å²) in [5.41, 5.74) is 8.35. The second-order valence-corrected chi connectivity index (χ2v) is 5.78. The summed E-state index contributed by atoms with van der Waals surface area (Å²) in [4.78, 5) is 12.2. The Morgan fingerprint density at radius 3 is 2.80 bits per heavy atom. The SMILES string of the molecule is NC[C@H]1CC[C@@H](C(=O)NC2CCc3ccccc3C2)O1. The molecular formula is C16H22N2O2. The molecule has 1 amide bonds.